The number of halogens is 1. The fourth-order valence-corrected chi connectivity index (χ4v) is 3.67. The van der Waals surface area contributed by atoms with E-state index in [1.54, 1.807) is 26.0 Å². The highest BCUT2D eigenvalue weighted by atomic mass is 79.9. The van der Waals surface area contributed by atoms with Crippen molar-refractivity contribution in [2.75, 3.05) is 6.61 Å². The number of ketones is 1. The Hall–Kier alpha value is -2.68. The third-order valence-electron chi connectivity index (χ3n) is 3.41. The topological polar surface area (TPSA) is 104 Å². The number of ether oxygens (including phenoxy) is 1. The van der Waals surface area contributed by atoms with Gasteiger partial charge in [0.2, 0.25) is 0 Å². The van der Waals surface area contributed by atoms with Crippen LogP contribution in [0.25, 0.3) is 6.08 Å². The minimum atomic E-state index is -0.526. The molecule has 0 unspecified atom stereocenters. The van der Waals surface area contributed by atoms with E-state index >= 15 is 0 Å². The van der Waals surface area contributed by atoms with Crippen LogP contribution in [0.3, 0.4) is 0 Å². The molecule has 2 rings (SSSR count). The zero-order valence-electron chi connectivity index (χ0n) is 14.0. The maximum absolute atomic E-state index is 12.5. The smallest absolute Gasteiger partial charge is 0.348 e. The van der Waals surface area contributed by atoms with Gasteiger partial charge in [-0.1, -0.05) is 0 Å². The number of carbonyl (C=O) groups excluding carboxylic acids is 2. The average molecular weight is 433 g/mol. The second-order valence-corrected chi connectivity index (χ2v) is 6.99. The third-order valence-corrected chi connectivity index (χ3v) is 5.11. The molecule has 0 N–H and O–H groups in total. The second-order valence-electron chi connectivity index (χ2n) is 5.10. The van der Waals surface area contributed by atoms with Crippen molar-refractivity contribution in [1.29, 1.82) is 10.5 Å². The predicted molar refractivity (Wildman–Crippen MR) is 98.4 cm³/mol. The summed E-state index contributed by atoms with van der Waals surface area (Å²) in [6, 6.07) is 7.13. The van der Waals surface area contributed by atoms with Gasteiger partial charge in [0, 0.05) is 17.4 Å². The van der Waals surface area contributed by atoms with Gasteiger partial charge in [0.25, 0.3) is 0 Å². The largest absolute Gasteiger partial charge is 0.462 e. The van der Waals surface area contributed by atoms with Crippen LogP contribution in [-0.4, -0.2) is 18.4 Å². The molecule has 0 spiro atoms. The van der Waals surface area contributed by atoms with Gasteiger partial charge >= 0.3 is 5.97 Å². The Labute approximate surface area is 162 Å². The van der Waals surface area contributed by atoms with E-state index in [1.807, 2.05) is 12.1 Å². The van der Waals surface area contributed by atoms with Gasteiger partial charge in [0.1, 0.15) is 22.8 Å². The highest BCUT2D eigenvalue weighted by Crippen LogP contribution is 2.29. The first-order chi connectivity index (χ1) is 12.4. The van der Waals surface area contributed by atoms with Crippen molar-refractivity contribution in [2.24, 2.45) is 0 Å². The van der Waals surface area contributed by atoms with Gasteiger partial charge in [0.15, 0.2) is 10.5 Å². The van der Waals surface area contributed by atoms with Crippen molar-refractivity contribution >= 4 is 45.1 Å². The molecule has 0 aliphatic rings. The number of Topliss-reactive ketones (excluding diaryl/α,β-unsaturated/α-hetero) is 1. The molecule has 0 aliphatic heterocycles. The number of nitriles is 2. The Kier molecular flexibility index (Phi) is 6.51. The fraction of sp³-hybridized carbons (Fsp3) is 0.222. The number of hydrogen-bond acceptors (Lipinski definition) is 7. The normalized spacial score (nSPS) is 10.9. The summed E-state index contributed by atoms with van der Waals surface area (Å²) >= 11 is 4.19. The van der Waals surface area contributed by atoms with Gasteiger partial charge in [-0.15, -0.1) is 11.3 Å². The van der Waals surface area contributed by atoms with E-state index < -0.39 is 11.8 Å². The molecule has 0 fully saturated rings. The van der Waals surface area contributed by atoms with E-state index in [-0.39, 0.29) is 24.2 Å². The molecule has 2 heterocycles. The summed E-state index contributed by atoms with van der Waals surface area (Å²) in [6.45, 7) is 3.54. The monoisotopic (exact) mass is 432 g/mol. The first kappa shape index (κ1) is 19.6. The van der Waals surface area contributed by atoms with Crippen molar-refractivity contribution in [2.45, 2.75) is 20.3 Å². The van der Waals surface area contributed by atoms with E-state index in [2.05, 4.69) is 15.9 Å². The Morgan fingerprint density at radius 3 is 2.65 bits per heavy atom. The Balaban J connectivity index is 2.32. The van der Waals surface area contributed by atoms with Crippen molar-refractivity contribution in [3.63, 3.8) is 0 Å². The number of hydrogen-bond donors (Lipinski definition) is 0. The SMILES string of the molecule is CCOC(=O)c1sc(CC(=O)/C(C#N)=C/c2ccc(Br)o2)c(C#N)c1C. The summed E-state index contributed by atoms with van der Waals surface area (Å²) in [6.07, 6.45) is 1.18. The molecule has 26 heavy (non-hydrogen) atoms. The lowest BCUT2D eigenvalue weighted by atomic mass is 10.0. The molecule has 0 aliphatic carbocycles. The van der Waals surface area contributed by atoms with Crippen LogP contribution in [0.5, 0.6) is 0 Å². The Morgan fingerprint density at radius 1 is 1.38 bits per heavy atom. The molecule has 8 heteroatoms. The molecule has 0 atom stereocenters. The van der Waals surface area contributed by atoms with E-state index in [9.17, 15) is 20.1 Å². The van der Waals surface area contributed by atoms with Gasteiger partial charge in [-0.25, -0.2) is 4.79 Å². The van der Waals surface area contributed by atoms with E-state index in [0.29, 0.717) is 25.7 Å². The van der Waals surface area contributed by atoms with E-state index in [1.165, 1.54) is 6.08 Å². The molecule has 0 saturated carbocycles. The number of allylic oxidation sites excluding steroid dienone is 1. The summed E-state index contributed by atoms with van der Waals surface area (Å²) < 4.78 is 10.7. The summed E-state index contributed by atoms with van der Waals surface area (Å²) in [7, 11) is 0. The number of carbonyl (C=O) groups is 2. The minimum Gasteiger partial charge on any atom is -0.462 e. The Morgan fingerprint density at radius 2 is 2.12 bits per heavy atom. The fourth-order valence-electron chi connectivity index (χ4n) is 2.20. The molecule has 0 bridgehead atoms. The van der Waals surface area contributed by atoms with Crippen LogP contribution < -0.4 is 0 Å². The van der Waals surface area contributed by atoms with Crippen LogP contribution in [-0.2, 0) is 16.0 Å². The van der Waals surface area contributed by atoms with Crippen molar-refractivity contribution in [3.05, 3.63) is 49.0 Å². The maximum Gasteiger partial charge on any atom is 0.348 e. The lowest BCUT2D eigenvalue weighted by molar-refractivity contribution is -0.114. The van der Waals surface area contributed by atoms with E-state index in [4.69, 9.17) is 9.15 Å². The molecular weight excluding hydrogens is 420 g/mol. The molecule has 2 aromatic heterocycles. The lowest BCUT2D eigenvalue weighted by Gasteiger charge is -1.98. The van der Waals surface area contributed by atoms with Crippen molar-refractivity contribution < 1.29 is 18.7 Å². The highest BCUT2D eigenvalue weighted by Gasteiger charge is 2.23. The van der Waals surface area contributed by atoms with Gasteiger partial charge in [-0.05, 0) is 47.5 Å². The van der Waals surface area contributed by atoms with Crippen LogP contribution in [0, 0.1) is 29.6 Å². The van der Waals surface area contributed by atoms with E-state index in [0.717, 1.165) is 11.3 Å². The number of esters is 1. The average Bonchev–Trinajstić information content (AvgIpc) is 3.15. The number of nitrogens with zero attached hydrogens (tertiary/aromatic N) is 2. The summed E-state index contributed by atoms with van der Waals surface area (Å²) in [5.41, 5.74) is 0.653. The zero-order valence-corrected chi connectivity index (χ0v) is 16.4. The predicted octanol–water partition coefficient (Wildman–Crippen LogP) is 4.18. The van der Waals surface area contributed by atoms with Crippen molar-refractivity contribution in [3.8, 4) is 12.1 Å². The summed E-state index contributed by atoms with van der Waals surface area (Å²) in [5, 5.41) is 18.6. The van der Waals surface area contributed by atoms with Crippen LogP contribution >= 0.6 is 27.3 Å². The Bertz CT molecular complexity index is 972. The lowest BCUT2D eigenvalue weighted by Crippen LogP contribution is -2.05. The third kappa shape index (κ3) is 4.29. The molecule has 6 nitrogen and oxygen atoms in total. The van der Waals surface area contributed by atoms with Crippen LogP contribution in [0.2, 0.25) is 0 Å². The molecule has 0 radical (unpaired) electrons. The van der Waals surface area contributed by atoms with Gasteiger partial charge in [-0.3, -0.25) is 4.79 Å². The standard InChI is InChI=1S/C18H13BrN2O4S/c1-3-24-18(23)17-10(2)13(9-21)15(26-17)7-14(22)11(8-20)6-12-4-5-16(19)25-12/h4-6H,3,7H2,1-2H3/b11-6+. The van der Waals surface area contributed by atoms with Crippen LogP contribution in [0.4, 0.5) is 0 Å². The molecular formula is C18H13BrN2O4S. The molecule has 2 aromatic rings. The first-order valence-electron chi connectivity index (χ1n) is 7.51. The van der Waals surface area contributed by atoms with Crippen LogP contribution in [0.1, 0.15) is 38.4 Å². The zero-order chi connectivity index (χ0) is 19.3. The first-order valence-corrected chi connectivity index (χ1v) is 9.12. The molecule has 132 valence electrons. The minimum absolute atomic E-state index is 0.0977. The molecule has 0 aromatic carbocycles. The summed E-state index contributed by atoms with van der Waals surface area (Å²) in [5.74, 6) is -0.633. The summed E-state index contributed by atoms with van der Waals surface area (Å²) in [4.78, 5) is 25.2. The van der Waals surface area contributed by atoms with Gasteiger partial charge < -0.3 is 9.15 Å². The number of rotatable bonds is 6. The highest BCUT2D eigenvalue weighted by molar-refractivity contribution is 9.10. The second kappa shape index (κ2) is 8.61. The number of thiophene rings is 1. The van der Waals surface area contributed by atoms with Crippen molar-refractivity contribution in [1.82, 2.24) is 0 Å². The van der Waals surface area contributed by atoms with Gasteiger partial charge in [0.05, 0.1) is 17.7 Å². The maximum atomic E-state index is 12.5. The molecule has 0 amide bonds. The van der Waals surface area contributed by atoms with Gasteiger partial charge in [-0.2, -0.15) is 10.5 Å². The number of furan rings is 1. The quantitative estimate of drug-likeness (QED) is 0.385. The molecule has 0 saturated heterocycles. The van der Waals surface area contributed by atoms with Crippen LogP contribution in [0.15, 0.2) is 26.8 Å².